The Bertz CT molecular complexity index is 664. The quantitative estimate of drug-likeness (QED) is 0.131. The second-order valence-electron chi connectivity index (χ2n) is 5.30. The Labute approximate surface area is 171 Å². The van der Waals surface area contributed by atoms with Gasteiger partial charge in [0.05, 0.1) is 6.61 Å². The summed E-state index contributed by atoms with van der Waals surface area (Å²) in [5.74, 6) is 1.67. The molecule has 0 saturated carbocycles. The van der Waals surface area contributed by atoms with Gasteiger partial charge in [-0.05, 0) is 29.2 Å². The van der Waals surface area contributed by atoms with Crippen LogP contribution < -0.4 is 0 Å². The lowest BCUT2D eigenvalue weighted by Crippen LogP contribution is -2.01. The Kier molecular flexibility index (Phi) is 10.9. The first-order chi connectivity index (χ1) is 12.8. The van der Waals surface area contributed by atoms with Crippen LogP contribution in [0, 0.1) is 0 Å². The van der Waals surface area contributed by atoms with Crippen molar-refractivity contribution >= 4 is 50.7 Å². The van der Waals surface area contributed by atoms with Crippen LogP contribution in [0.4, 0.5) is 0 Å². The second kappa shape index (κ2) is 13.2. The van der Waals surface area contributed by atoms with Gasteiger partial charge in [0.25, 0.3) is 0 Å². The number of carbonyl (C=O) groups is 1. The molecule has 0 atom stereocenters. The van der Waals surface area contributed by atoms with Gasteiger partial charge in [-0.2, -0.15) is 0 Å². The molecule has 0 aliphatic rings. The molecule has 4 nitrogen and oxygen atoms in total. The van der Waals surface area contributed by atoms with Gasteiger partial charge in [-0.1, -0.05) is 83.6 Å². The fourth-order valence-corrected chi connectivity index (χ4v) is 6.35. The summed E-state index contributed by atoms with van der Waals surface area (Å²) in [6.07, 6.45) is 5.49. The molecule has 0 unspecified atom stereocenters. The number of carbonyl (C=O) groups excluding carboxylic acids is 1. The number of rotatable bonds is 13. The molecule has 0 saturated heterocycles. The van der Waals surface area contributed by atoms with Crippen molar-refractivity contribution in [2.75, 3.05) is 12.4 Å². The molecule has 1 aromatic carbocycles. The van der Waals surface area contributed by atoms with E-state index in [9.17, 15) is 4.79 Å². The molecule has 1 heterocycles. The molecule has 26 heavy (non-hydrogen) atoms. The van der Waals surface area contributed by atoms with Crippen molar-refractivity contribution in [1.29, 1.82) is 0 Å². The third-order valence-electron chi connectivity index (χ3n) is 3.26. The normalized spacial score (nSPS) is 10.6. The van der Waals surface area contributed by atoms with E-state index in [1.807, 2.05) is 16.9 Å². The maximum absolute atomic E-state index is 10.9. The standard InChI is InChI=1S/C18H22N2O2S4/c1-2-16(21)22-12-8-3-4-9-13-24-26-18-20-19-17(25-18)23-14-15-10-6-5-7-11-15/h2,5-7,10-11H,1,3-4,8-9,12-14H2. The Balaban J connectivity index is 1.49. The smallest absolute Gasteiger partial charge is 0.330 e. The van der Waals surface area contributed by atoms with E-state index in [4.69, 9.17) is 4.74 Å². The molecule has 0 spiro atoms. The van der Waals surface area contributed by atoms with Gasteiger partial charge in [-0.25, -0.2) is 4.79 Å². The van der Waals surface area contributed by atoms with Crippen LogP contribution in [0.5, 0.6) is 0 Å². The molecule has 0 aliphatic heterocycles. The largest absolute Gasteiger partial charge is 0.463 e. The molecule has 0 amide bonds. The summed E-state index contributed by atoms with van der Waals surface area (Å²) in [5, 5.41) is 8.49. The molecule has 0 bridgehead atoms. The monoisotopic (exact) mass is 426 g/mol. The van der Waals surface area contributed by atoms with Crippen molar-refractivity contribution in [2.24, 2.45) is 0 Å². The molecule has 0 aliphatic carbocycles. The lowest BCUT2D eigenvalue weighted by molar-refractivity contribution is -0.137. The zero-order valence-corrected chi connectivity index (χ0v) is 17.7. The molecule has 140 valence electrons. The number of esters is 1. The van der Waals surface area contributed by atoms with Crippen LogP contribution in [0.2, 0.25) is 0 Å². The average molecular weight is 427 g/mol. The molecule has 2 rings (SSSR count). The topological polar surface area (TPSA) is 52.1 Å². The molecule has 1 aromatic heterocycles. The zero-order chi connectivity index (χ0) is 18.5. The summed E-state index contributed by atoms with van der Waals surface area (Å²) in [6, 6.07) is 10.4. The molecular formula is C18H22N2O2S4. The number of unbranched alkanes of at least 4 members (excludes halogenated alkanes) is 3. The second-order valence-corrected chi connectivity index (χ2v) is 10.2. The molecule has 0 N–H and O–H groups in total. The highest BCUT2D eigenvalue weighted by Gasteiger charge is 2.06. The highest BCUT2D eigenvalue weighted by atomic mass is 33.1. The van der Waals surface area contributed by atoms with Gasteiger partial charge in [0.1, 0.15) is 0 Å². The minimum atomic E-state index is -0.338. The van der Waals surface area contributed by atoms with E-state index < -0.39 is 0 Å². The van der Waals surface area contributed by atoms with Gasteiger partial charge in [-0.15, -0.1) is 10.2 Å². The van der Waals surface area contributed by atoms with E-state index >= 15 is 0 Å². The first-order valence-electron chi connectivity index (χ1n) is 8.37. The zero-order valence-electron chi connectivity index (χ0n) is 14.5. The summed E-state index contributed by atoms with van der Waals surface area (Å²) in [5.41, 5.74) is 1.30. The lowest BCUT2D eigenvalue weighted by Gasteiger charge is -2.02. The summed E-state index contributed by atoms with van der Waals surface area (Å²) in [6.45, 7) is 3.86. The Morgan fingerprint density at radius 3 is 2.69 bits per heavy atom. The summed E-state index contributed by atoms with van der Waals surface area (Å²) in [7, 11) is 3.53. The number of hydrogen-bond donors (Lipinski definition) is 0. The summed E-state index contributed by atoms with van der Waals surface area (Å²) < 4.78 is 6.98. The fourth-order valence-electron chi connectivity index (χ4n) is 1.95. The van der Waals surface area contributed by atoms with E-state index in [1.54, 1.807) is 33.9 Å². The molecule has 0 radical (unpaired) electrons. The first kappa shape index (κ1) is 21.3. The lowest BCUT2D eigenvalue weighted by atomic mass is 10.2. The van der Waals surface area contributed by atoms with Crippen LogP contribution in [0.1, 0.15) is 31.2 Å². The van der Waals surface area contributed by atoms with Gasteiger partial charge in [-0.3, -0.25) is 0 Å². The van der Waals surface area contributed by atoms with Crippen LogP contribution in [0.25, 0.3) is 0 Å². The predicted molar refractivity (Wildman–Crippen MR) is 114 cm³/mol. The van der Waals surface area contributed by atoms with Crippen molar-refractivity contribution in [3.05, 3.63) is 48.6 Å². The van der Waals surface area contributed by atoms with E-state index in [0.717, 1.165) is 45.9 Å². The SMILES string of the molecule is C=CC(=O)OCCCCCCSSc1nnc(SCc2ccccc2)s1. The van der Waals surface area contributed by atoms with Crippen molar-refractivity contribution in [2.45, 2.75) is 40.1 Å². The maximum atomic E-state index is 10.9. The van der Waals surface area contributed by atoms with Crippen LogP contribution in [0.15, 0.2) is 51.7 Å². The van der Waals surface area contributed by atoms with Crippen molar-refractivity contribution < 1.29 is 9.53 Å². The number of thioether (sulfide) groups is 1. The maximum Gasteiger partial charge on any atom is 0.330 e. The van der Waals surface area contributed by atoms with E-state index in [-0.39, 0.29) is 5.97 Å². The Morgan fingerprint density at radius 2 is 1.88 bits per heavy atom. The highest BCUT2D eigenvalue weighted by molar-refractivity contribution is 8.77. The van der Waals surface area contributed by atoms with Gasteiger partial charge < -0.3 is 4.74 Å². The number of ether oxygens (including phenoxy) is 1. The van der Waals surface area contributed by atoms with Gasteiger partial charge in [0.2, 0.25) is 0 Å². The summed E-state index contributed by atoms with van der Waals surface area (Å²) in [4.78, 5) is 10.9. The molecule has 8 heteroatoms. The van der Waals surface area contributed by atoms with E-state index in [1.165, 1.54) is 11.6 Å². The van der Waals surface area contributed by atoms with Crippen LogP contribution in [0.3, 0.4) is 0 Å². The van der Waals surface area contributed by atoms with Gasteiger partial charge >= 0.3 is 5.97 Å². The van der Waals surface area contributed by atoms with Crippen molar-refractivity contribution in [3.63, 3.8) is 0 Å². The summed E-state index contributed by atoms with van der Waals surface area (Å²) >= 11 is 3.39. The minimum absolute atomic E-state index is 0.338. The van der Waals surface area contributed by atoms with Gasteiger partial charge in [0, 0.05) is 17.6 Å². The Morgan fingerprint density at radius 1 is 1.12 bits per heavy atom. The Hall–Kier alpha value is -0.960. The van der Waals surface area contributed by atoms with Gasteiger partial charge in [0.15, 0.2) is 8.68 Å². The number of aromatic nitrogens is 2. The van der Waals surface area contributed by atoms with Crippen molar-refractivity contribution in [1.82, 2.24) is 10.2 Å². The van der Waals surface area contributed by atoms with Crippen LogP contribution >= 0.6 is 44.7 Å². The number of nitrogens with zero attached hydrogens (tertiary/aromatic N) is 2. The minimum Gasteiger partial charge on any atom is -0.463 e. The average Bonchev–Trinajstić information content (AvgIpc) is 3.13. The van der Waals surface area contributed by atoms with Crippen molar-refractivity contribution in [3.8, 4) is 0 Å². The molecular weight excluding hydrogens is 404 g/mol. The number of benzene rings is 1. The first-order valence-corrected chi connectivity index (χ1v) is 12.5. The van der Waals surface area contributed by atoms with Crippen LogP contribution in [-0.2, 0) is 15.3 Å². The molecule has 2 aromatic rings. The number of hydrogen-bond acceptors (Lipinski definition) is 8. The predicted octanol–water partition coefficient (Wildman–Crippen LogP) is 5.86. The van der Waals surface area contributed by atoms with E-state index in [0.29, 0.717) is 6.61 Å². The third-order valence-corrected chi connectivity index (χ3v) is 8.12. The van der Waals surface area contributed by atoms with E-state index in [2.05, 4.69) is 41.0 Å². The fraction of sp³-hybridized carbons (Fsp3) is 0.389. The highest BCUT2D eigenvalue weighted by Crippen LogP contribution is 2.37. The van der Waals surface area contributed by atoms with Crippen LogP contribution in [-0.4, -0.2) is 28.5 Å². The molecule has 0 fully saturated rings. The third kappa shape index (κ3) is 9.12.